The predicted octanol–water partition coefficient (Wildman–Crippen LogP) is 2.30. The summed E-state index contributed by atoms with van der Waals surface area (Å²) in [4.78, 5) is 15.4. The van der Waals surface area contributed by atoms with Crippen LogP contribution >= 0.6 is 23.7 Å². The molecule has 3 heterocycles. The molecule has 100 valence electrons. The average Bonchev–Trinajstić information content (AvgIpc) is 3.02. The first kappa shape index (κ1) is 13.8. The normalized spacial score (nSPS) is 26.6. The van der Waals surface area contributed by atoms with Gasteiger partial charge < -0.3 is 10.2 Å². The topological polar surface area (TPSA) is 32.3 Å². The van der Waals surface area contributed by atoms with E-state index in [2.05, 4.69) is 5.32 Å². The molecule has 1 aromatic rings. The van der Waals surface area contributed by atoms with Gasteiger partial charge in [-0.05, 0) is 43.3 Å². The Hall–Kier alpha value is -0.580. The van der Waals surface area contributed by atoms with Crippen molar-refractivity contribution in [1.29, 1.82) is 0 Å². The summed E-state index contributed by atoms with van der Waals surface area (Å²) in [6, 6.07) is 2.03. The van der Waals surface area contributed by atoms with Gasteiger partial charge in [0.25, 0.3) is 5.91 Å². The number of likely N-dealkylation sites (tertiary alicyclic amines) is 1. The molecular weight excluding hydrogens is 268 g/mol. The third-order valence-electron chi connectivity index (χ3n) is 4.11. The molecule has 0 aromatic carbocycles. The first-order chi connectivity index (χ1) is 8.20. The van der Waals surface area contributed by atoms with Crippen LogP contribution < -0.4 is 5.32 Å². The fraction of sp³-hybridized carbons (Fsp3) is 0.615. The van der Waals surface area contributed by atoms with Crippen LogP contribution in [0, 0.1) is 12.3 Å². The van der Waals surface area contributed by atoms with E-state index in [9.17, 15) is 4.79 Å². The SMILES string of the molecule is Cc1ccsc1C(=O)N1CCC2(CCNC2)C1.Cl. The van der Waals surface area contributed by atoms with Crippen LogP contribution in [0.3, 0.4) is 0 Å². The number of rotatable bonds is 1. The maximum Gasteiger partial charge on any atom is 0.264 e. The highest BCUT2D eigenvalue weighted by molar-refractivity contribution is 7.12. The average molecular weight is 287 g/mol. The maximum absolute atomic E-state index is 12.4. The fourth-order valence-electron chi connectivity index (χ4n) is 2.99. The van der Waals surface area contributed by atoms with E-state index in [4.69, 9.17) is 0 Å². The summed E-state index contributed by atoms with van der Waals surface area (Å²) in [5.41, 5.74) is 1.49. The van der Waals surface area contributed by atoms with E-state index in [1.807, 2.05) is 23.3 Å². The lowest BCUT2D eigenvalue weighted by Crippen LogP contribution is -2.33. The van der Waals surface area contributed by atoms with E-state index in [0.29, 0.717) is 5.41 Å². The van der Waals surface area contributed by atoms with Gasteiger partial charge in [0.05, 0.1) is 4.88 Å². The number of carbonyl (C=O) groups is 1. The standard InChI is InChI=1S/C13H18N2OS.ClH/c1-10-2-7-17-11(10)12(16)15-6-4-13(9-15)3-5-14-8-13;/h2,7,14H,3-6,8-9H2,1H3;1H. The molecule has 3 nitrogen and oxygen atoms in total. The Bertz CT molecular complexity index is 440. The number of carbonyl (C=O) groups excluding carboxylic acids is 1. The Kier molecular flexibility index (Phi) is 3.99. The van der Waals surface area contributed by atoms with Crippen LogP contribution in [-0.4, -0.2) is 37.0 Å². The molecular formula is C13H19ClN2OS. The van der Waals surface area contributed by atoms with Gasteiger partial charge in [-0.15, -0.1) is 23.7 Å². The van der Waals surface area contributed by atoms with Gasteiger partial charge in [-0.3, -0.25) is 4.79 Å². The van der Waals surface area contributed by atoms with Crippen molar-refractivity contribution >= 4 is 29.7 Å². The predicted molar refractivity (Wildman–Crippen MR) is 76.7 cm³/mol. The molecule has 2 saturated heterocycles. The zero-order valence-corrected chi connectivity index (χ0v) is 12.2. The largest absolute Gasteiger partial charge is 0.337 e. The molecule has 1 spiro atoms. The van der Waals surface area contributed by atoms with Gasteiger partial charge in [0.15, 0.2) is 0 Å². The molecule has 18 heavy (non-hydrogen) atoms. The number of amides is 1. The van der Waals surface area contributed by atoms with Gasteiger partial charge in [-0.25, -0.2) is 0 Å². The van der Waals surface area contributed by atoms with E-state index in [0.717, 1.165) is 43.0 Å². The number of hydrogen-bond acceptors (Lipinski definition) is 3. The lowest BCUT2D eigenvalue weighted by molar-refractivity contribution is 0.0780. The zero-order valence-electron chi connectivity index (χ0n) is 10.6. The van der Waals surface area contributed by atoms with Crippen LogP contribution in [0.2, 0.25) is 0 Å². The summed E-state index contributed by atoms with van der Waals surface area (Å²) in [6.45, 7) is 6.08. The van der Waals surface area contributed by atoms with Gasteiger partial charge in [-0.2, -0.15) is 0 Å². The maximum atomic E-state index is 12.4. The highest BCUT2D eigenvalue weighted by Gasteiger charge is 2.42. The second kappa shape index (κ2) is 5.19. The van der Waals surface area contributed by atoms with E-state index >= 15 is 0 Å². The van der Waals surface area contributed by atoms with Gasteiger partial charge in [0, 0.05) is 25.0 Å². The number of nitrogens with zero attached hydrogens (tertiary/aromatic N) is 1. The third kappa shape index (κ3) is 2.29. The van der Waals surface area contributed by atoms with Crippen molar-refractivity contribution in [3.05, 3.63) is 21.9 Å². The quantitative estimate of drug-likeness (QED) is 0.859. The van der Waals surface area contributed by atoms with Crippen LogP contribution in [0.15, 0.2) is 11.4 Å². The molecule has 5 heteroatoms. The second-order valence-corrected chi connectivity index (χ2v) is 6.25. The van der Waals surface area contributed by atoms with Crippen LogP contribution in [0.1, 0.15) is 28.1 Å². The summed E-state index contributed by atoms with van der Waals surface area (Å²) in [6.07, 6.45) is 2.39. The highest BCUT2D eigenvalue weighted by Crippen LogP contribution is 2.37. The number of nitrogens with one attached hydrogen (secondary N) is 1. The Morgan fingerprint density at radius 2 is 2.33 bits per heavy atom. The monoisotopic (exact) mass is 286 g/mol. The van der Waals surface area contributed by atoms with Crippen molar-refractivity contribution in [2.75, 3.05) is 26.2 Å². The van der Waals surface area contributed by atoms with Gasteiger partial charge in [-0.1, -0.05) is 0 Å². The van der Waals surface area contributed by atoms with Crippen molar-refractivity contribution in [2.45, 2.75) is 19.8 Å². The van der Waals surface area contributed by atoms with Crippen LogP contribution in [0.4, 0.5) is 0 Å². The van der Waals surface area contributed by atoms with Gasteiger partial charge in [0.2, 0.25) is 0 Å². The Labute approximate surface area is 118 Å². The van der Waals surface area contributed by atoms with Gasteiger partial charge in [0.1, 0.15) is 0 Å². The second-order valence-electron chi connectivity index (χ2n) is 5.34. The van der Waals surface area contributed by atoms with Crippen molar-refractivity contribution in [1.82, 2.24) is 10.2 Å². The minimum absolute atomic E-state index is 0. The number of thiophene rings is 1. The summed E-state index contributed by atoms with van der Waals surface area (Å²) in [7, 11) is 0. The lowest BCUT2D eigenvalue weighted by atomic mass is 9.87. The molecule has 0 saturated carbocycles. The molecule has 0 radical (unpaired) electrons. The van der Waals surface area contributed by atoms with Crippen LogP contribution in [0.5, 0.6) is 0 Å². The Morgan fingerprint density at radius 1 is 1.50 bits per heavy atom. The van der Waals surface area contributed by atoms with Crippen molar-refractivity contribution < 1.29 is 4.79 Å². The molecule has 2 aliphatic rings. The Balaban J connectivity index is 0.00000120. The molecule has 1 amide bonds. The van der Waals surface area contributed by atoms with E-state index in [1.54, 1.807) is 11.3 Å². The lowest BCUT2D eigenvalue weighted by Gasteiger charge is -2.22. The molecule has 3 rings (SSSR count). The molecule has 0 aliphatic carbocycles. The minimum atomic E-state index is 0. The molecule has 2 fully saturated rings. The van der Waals surface area contributed by atoms with Crippen LogP contribution in [0.25, 0.3) is 0 Å². The molecule has 1 atom stereocenters. The minimum Gasteiger partial charge on any atom is -0.337 e. The molecule has 1 aromatic heterocycles. The zero-order chi connectivity index (χ0) is 11.9. The number of aryl methyl sites for hydroxylation is 1. The van der Waals surface area contributed by atoms with Gasteiger partial charge >= 0.3 is 0 Å². The number of halogens is 1. The highest BCUT2D eigenvalue weighted by atomic mass is 35.5. The molecule has 1 N–H and O–H groups in total. The summed E-state index contributed by atoms with van der Waals surface area (Å²) in [5, 5.41) is 5.43. The van der Waals surface area contributed by atoms with Crippen LogP contribution in [-0.2, 0) is 0 Å². The van der Waals surface area contributed by atoms with Crippen molar-refractivity contribution in [3.63, 3.8) is 0 Å². The molecule has 2 aliphatic heterocycles. The number of hydrogen-bond donors (Lipinski definition) is 1. The first-order valence-corrected chi connectivity index (χ1v) is 7.12. The third-order valence-corrected chi connectivity index (χ3v) is 5.12. The van der Waals surface area contributed by atoms with E-state index < -0.39 is 0 Å². The smallest absolute Gasteiger partial charge is 0.264 e. The fourth-order valence-corrected chi connectivity index (χ4v) is 3.88. The summed E-state index contributed by atoms with van der Waals surface area (Å²) >= 11 is 1.57. The summed E-state index contributed by atoms with van der Waals surface area (Å²) in [5.74, 6) is 0.237. The van der Waals surface area contributed by atoms with E-state index in [1.165, 1.54) is 6.42 Å². The van der Waals surface area contributed by atoms with Crippen molar-refractivity contribution in [2.24, 2.45) is 5.41 Å². The Morgan fingerprint density at radius 3 is 2.94 bits per heavy atom. The summed E-state index contributed by atoms with van der Waals surface area (Å²) < 4.78 is 0. The molecule has 1 unspecified atom stereocenters. The van der Waals surface area contributed by atoms with E-state index in [-0.39, 0.29) is 18.3 Å². The van der Waals surface area contributed by atoms with Crippen molar-refractivity contribution in [3.8, 4) is 0 Å². The molecule has 0 bridgehead atoms. The first-order valence-electron chi connectivity index (χ1n) is 6.24.